The van der Waals surface area contributed by atoms with Crippen LogP contribution in [-0.2, 0) is 9.59 Å². The number of halogens is 1. The van der Waals surface area contributed by atoms with E-state index >= 15 is 0 Å². The van der Waals surface area contributed by atoms with Gasteiger partial charge in [-0.25, -0.2) is 4.39 Å². The molecule has 0 saturated carbocycles. The first-order valence-corrected chi connectivity index (χ1v) is 7.28. The minimum absolute atomic E-state index is 0.325. The highest BCUT2D eigenvalue weighted by Crippen LogP contribution is 2.22. The molecule has 2 rings (SSSR count). The summed E-state index contributed by atoms with van der Waals surface area (Å²) in [5.74, 6) is -1.34. The third-order valence-electron chi connectivity index (χ3n) is 3.37. The van der Waals surface area contributed by atoms with Crippen LogP contribution in [0.25, 0.3) is 0 Å². The van der Waals surface area contributed by atoms with Gasteiger partial charge < -0.3 is 10.6 Å². The standard InChI is InChI=1S/C18H19FN2O2/c1-11-7-12(2)18(13(3)8-11)21-17(23)10-16(22)20-15-6-4-5-14(19)9-15/h4-9H,10H2,1-3H3,(H,20,22)(H,21,23). The second-order valence-corrected chi connectivity index (χ2v) is 5.56. The fourth-order valence-electron chi connectivity index (χ4n) is 2.48. The van der Waals surface area contributed by atoms with Gasteiger partial charge >= 0.3 is 0 Å². The molecule has 0 aromatic heterocycles. The first-order chi connectivity index (χ1) is 10.8. The second-order valence-electron chi connectivity index (χ2n) is 5.56. The fraction of sp³-hybridized carbons (Fsp3) is 0.222. The molecule has 0 aliphatic rings. The fourth-order valence-corrected chi connectivity index (χ4v) is 2.48. The Balaban J connectivity index is 1.98. The number of carbonyl (C=O) groups is 2. The number of nitrogens with one attached hydrogen (secondary N) is 2. The Morgan fingerprint density at radius 1 is 0.957 bits per heavy atom. The van der Waals surface area contributed by atoms with Gasteiger partial charge in [0.05, 0.1) is 0 Å². The van der Waals surface area contributed by atoms with Gasteiger partial charge in [0.1, 0.15) is 12.2 Å². The number of aryl methyl sites for hydroxylation is 3. The SMILES string of the molecule is Cc1cc(C)c(NC(=O)CC(=O)Nc2cccc(F)c2)c(C)c1. The van der Waals surface area contributed by atoms with E-state index in [1.807, 2.05) is 32.9 Å². The summed E-state index contributed by atoms with van der Waals surface area (Å²) in [6.45, 7) is 5.79. The third-order valence-corrected chi connectivity index (χ3v) is 3.37. The van der Waals surface area contributed by atoms with Gasteiger partial charge in [0.2, 0.25) is 11.8 Å². The summed E-state index contributed by atoms with van der Waals surface area (Å²) in [5, 5.41) is 5.26. The Morgan fingerprint density at radius 3 is 2.17 bits per heavy atom. The van der Waals surface area contributed by atoms with Crippen molar-refractivity contribution in [3.05, 3.63) is 58.9 Å². The summed E-state index contributed by atoms with van der Waals surface area (Å²) in [6, 6.07) is 9.47. The molecule has 0 heterocycles. The lowest BCUT2D eigenvalue weighted by molar-refractivity contribution is -0.123. The Kier molecular flexibility index (Phi) is 5.11. The predicted molar refractivity (Wildman–Crippen MR) is 88.9 cm³/mol. The molecule has 0 unspecified atom stereocenters. The van der Waals surface area contributed by atoms with Crippen LogP contribution in [-0.4, -0.2) is 11.8 Å². The van der Waals surface area contributed by atoms with Crippen LogP contribution in [0.2, 0.25) is 0 Å². The molecule has 0 fully saturated rings. The maximum atomic E-state index is 13.1. The topological polar surface area (TPSA) is 58.2 Å². The molecule has 5 heteroatoms. The molecule has 0 spiro atoms. The molecular weight excluding hydrogens is 295 g/mol. The number of benzene rings is 2. The van der Waals surface area contributed by atoms with Crippen molar-refractivity contribution in [3.63, 3.8) is 0 Å². The van der Waals surface area contributed by atoms with E-state index in [0.717, 1.165) is 22.4 Å². The van der Waals surface area contributed by atoms with Gasteiger partial charge in [0.25, 0.3) is 0 Å². The summed E-state index contributed by atoms with van der Waals surface area (Å²) in [5.41, 5.74) is 4.05. The number of hydrogen-bond acceptors (Lipinski definition) is 2. The molecule has 2 aromatic rings. The second kappa shape index (κ2) is 7.05. The van der Waals surface area contributed by atoms with Crippen LogP contribution in [0.5, 0.6) is 0 Å². The van der Waals surface area contributed by atoms with E-state index in [9.17, 15) is 14.0 Å². The largest absolute Gasteiger partial charge is 0.326 e. The van der Waals surface area contributed by atoms with Crippen LogP contribution >= 0.6 is 0 Å². The molecule has 120 valence electrons. The van der Waals surface area contributed by atoms with Crippen LogP contribution < -0.4 is 10.6 Å². The average Bonchev–Trinajstić information content (AvgIpc) is 2.42. The normalized spacial score (nSPS) is 10.3. The number of amides is 2. The lowest BCUT2D eigenvalue weighted by atomic mass is 10.0. The number of anilines is 2. The number of carbonyl (C=O) groups excluding carboxylic acids is 2. The molecule has 4 nitrogen and oxygen atoms in total. The van der Waals surface area contributed by atoms with Gasteiger partial charge in [-0.1, -0.05) is 23.8 Å². The molecule has 0 radical (unpaired) electrons. The highest BCUT2D eigenvalue weighted by atomic mass is 19.1. The van der Waals surface area contributed by atoms with E-state index in [2.05, 4.69) is 10.6 Å². The van der Waals surface area contributed by atoms with Gasteiger partial charge in [0, 0.05) is 11.4 Å². The molecular formula is C18H19FN2O2. The van der Waals surface area contributed by atoms with Crippen molar-refractivity contribution in [2.75, 3.05) is 10.6 Å². The van der Waals surface area contributed by atoms with Crippen molar-refractivity contribution in [1.82, 2.24) is 0 Å². The highest BCUT2D eigenvalue weighted by Gasteiger charge is 2.13. The van der Waals surface area contributed by atoms with Gasteiger partial charge in [-0.2, -0.15) is 0 Å². The van der Waals surface area contributed by atoms with Crippen molar-refractivity contribution in [2.45, 2.75) is 27.2 Å². The third kappa shape index (κ3) is 4.64. The molecule has 23 heavy (non-hydrogen) atoms. The van der Waals surface area contributed by atoms with E-state index in [4.69, 9.17) is 0 Å². The van der Waals surface area contributed by atoms with Crippen molar-refractivity contribution in [3.8, 4) is 0 Å². The van der Waals surface area contributed by atoms with E-state index in [0.29, 0.717) is 5.69 Å². The number of hydrogen-bond donors (Lipinski definition) is 2. The maximum Gasteiger partial charge on any atom is 0.233 e. The summed E-state index contributed by atoms with van der Waals surface area (Å²) in [6.07, 6.45) is -0.330. The maximum absolute atomic E-state index is 13.1. The number of rotatable bonds is 4. The van der Waals surface area contributed by atoms with Gasteiger partial charge in [-0.15, -0.1) is 0 Å². The minimum atomic E-state index is -0.490. The predicted octanol–water partition coefficient (Wildman–Crippen LogP) is 3.72. The summed E-state index contributed by atoms with van der Waals surface area (Å²) < 4.78 is 13.1. The van der Waals surface area contributed by atoms with E-state index < -0.39 is 17.6 Å². The quantitative estimate of drug-likeness (QED) is 0.845. The van der Waals surface area contributed by atoms with Crippen molar-refractivity contribution >= 4 is 23.2 Å². The molecule has 0 atom stereocenters. The van der Waals surface area contributed by atoms with Crippen molar-refractivity contribution in [1.29, 1.82) is 0 Å². The first kappa shape index (κ1) is 16.7. The van der Waals surface area contributed by atoms with Gasteiger partial charge in [0.15, 0.2) is 0 Å². The van der Waals surface area contributed by atoms with Gasteiger partial charge in [-0.3, -0.25) is 9.59 Å². The zero-order valence-electron chi connectivity index (χ0n) is 13.4. The zero-order chi connectivity index (χ0) is 17.0. The molecule has 0 aliphatic carbocycles. The van der Waals surface area contributed by atoms with Gasteiger partial charge in [-0.05, 0) is 50.1 Å². The lowest BCUT2D eigenvalue weighted by Crippen LogP contribution is -2.22. The summed E-state index contributed by atoms with van der Waals surface area (Å²) >= 11 is 0. The Labute approximate surface area is 134 Å². The van der Waals surface area contributed by atoms with Crippen LogP contribution in [0.3, 0.4) is 0 Å². The Morgan fingerprint density at radius 2 is 1.57 bits per heavy atom. The molecule has 2 amide bonds. The molecule has 0 aliphatic heterocycles. The van der Waals surface area contributed by atoms with Crippen LogP contribution in [0, 0.1) is 26.6 Å². The summed E-state index contributed by atoms with van der Waals surface area (Å²) in [4.78, 5) is 23.9. The summed E-state index contributed by atoms with van der Waals surface area (Å²) in [7, 11) is 0. The average molecular weight is 314 g/mol. The van der Waals surface area contributed by atoms with Crippen LogP contribution in [0.1, 0.15) is 23.1 Å². The molecule has 2 aromatic carbocycles. The van der Waals surface area contributed by atoms with Crippen molar-refractivity contribution in [2.24, 2.45) is 0 Å². The van der Waals surface area contributed by atoms with Crippen LogP contribution in [0.4, 0.5) is 15.8 Å². The Bertz CT molecular complexity index is 733. The smallest absolute Gasteiger partial charge is 0.233 e. The molecule has 2 N–H and O–H groups in total. The van der Waals surface area contributed by atoms with E-state index in [1.165, 1.54) is 18.2 Å². The van der Waals surface area contributed by atoms with E-state index in [1.54, 1.807) is 6.07 Å². The molecule has 0 saturated heterocycles. The zero-order valence-corrected chi connectivity index (χ0v) is 13.4. The van der Waals surface area contributed by atoms with Crippen LogP contribution in [0.15, 0.2) is 36.4 Å². The Hall–Kier alpha value is -2.69. The monoisotopic (exact) mass is 314 g/mol. The lowest BCUT2D eigenvalue weighted by Gasteiger charge is -2.13. The first-order valence-electron chi connectivity index (χ1n) is 7.28. The van der Waals surface area contributed by atoms with E-state index in [-0.39, 0.29) is 6.42 Å². The highest BCUT2D eigenvalue weighted by molar-refractivity contribution is 6.08. The minimum Gasteiger partial charge on any atom is -0.326 e. The van der Waals surface area contributed by atoms with Crippen molar-refractivity contribution < 1.29 is 14.0 Å². The molecule has 0 bridgehead atoms.